The third-order valence-corrected chi connectivity index (χ3v) is 11.3. The van der Waals surface area contributed by atoms with Crippen molar-refractivity contribution in [3.05, 3.63) is 48.6 Å². The number of ether oxygens (including phenoxy) is 2. The van der Waals surface area contributed by atoms with Crippen molar-refractivity contribution in [3.63, 3.8) is 0 Å². The van der Waals surface area contributed by atoms with Crippen molar-refractivity contribution in [1.29, 1.82) is 0 Å². The van der Waals surface area contributed by atoms with Gasteiger partial charge in [0.15, 0.2) is 6.10 Å². The van der Waals surface area contributed by atoms with Crippen LogP contribution >= 0.6 is 7.82 Å². The van der Waals surface area contributed by atoms with E-state index in [0.717, 1.165) is 57.8 Å². The number of allylic oxidation sites excluding steroid dienone is 6. The summed E-state index contributed by atoms with van der Waals surface area (Å²) in [5, 5.41) is 31.4. The number of unbranched alkanes of at least 4 members (excludes halogenated alkanes) is 12. The van der Waals surface area contributed by atoms with Gasteiger partial charge in [-0.1, -0.05) is 133 Å². The topological polar surface area (TPSA) is 195 Å². The molecule has 1 fully saturated rings. The van der Waals surface area contributed by atoms with Crippen molar-refractivity contribution in [1.82, 2.24) is 0 Å². The summed E-state index contributed by atoms with van der Waals surface area (Å²) in [6.45, 7) is 3.32. The van der Waals surface area contributed by atoms with Crippen molar-refractivity contribution >= 4 is 19.8 Å². The van der Waals surface area contributed by atoms with Crippen LogP contribution in [0.5, 0.6) is 0 Å². The lowest BCUT2D eigenvalue weighted by Gasteiger charge is -2.21. The first kappa shape index (κ1) is 53.9. The first-order valence-corrected chi connectivity index (χ1v) is 23.9. The van der Waals surface area contributed by atoms with Crippen LogP contribution in [0.4, 0.5) is 0 Å². The fourth-order valence-corrected chi connectivity index (χ4v) is 7.69. The van der Waals surface area contributed by atoms with Gasteiger partial charge in [0.1, 0.15) is 6.61 Å². The molecule has 0 spiro atoms. The first-order chi connectivity index (χ1) is 28.0. The van der Waals surface area contributed by atoms with Gasteiger partial charge in [0.05, 0.1) is 31.5 Å². The van der Waals surface area contributed by atoms with E-state index in [2.05, 4.69) is 44.2 Å². The molecule has 1 rings (SSSR count). The summed E-state index contributed by atoms with van der Waals surface area (Å²) in [6, 6.07) is 0. The van der Waals surface area contributed by atoms with E-state index >= 15 is 0 Å². The molecular formula is C45H80NO11P. The molecule has 0 heterocycles. The maximum atomic E-state index is 12.7. The minimum Gasteiger partial charge on any atom is -0.462 e. The molecule has 0 aromatic carbocycles. The van der Waals surface area contributed by atoms with E-state index in [9.17, 15) is 34.4 Å². The molecule has 12 nitrogen and oxygen atoms in total. The standard InChI is InChI=1S/C45H80NO11P/c1-3-5-7-8-9-10-11-12-13-14-15-16-17-18-19-20-25-29-44(50)54-36-39(37-56-58(52,53)55-34-33-46)57-45(51)30-26-22-21-24-28-40-41(43(49)35-42(40)48)32-31-38(47)27-23-6-4-2/h12-13,15-16,18-19,31-32,38-43,47-49H,3-11,14,17,20-30,33-37,46H2,1-2H3,(H,52,53)/b13-12-,16-15-,19-18-,32-31+/t38-,39+,40+,41+,42-,43+/m0/s1. The van der Waals surface area contributed by atoms with E-state index in [-0.39, 0.29) is 44.4 Å². The van der Waals surface area contributed by atoms with Gasteiger partial charge in [-0.05, 0) is 63.7 Å². The molecule has 0 aromatic rings. The molecule has 0 aromatic heterocycles. The molecule has 13 heteroatoms. The Morgan fingerprint density at radius 3 is 2.05 bits per heavy atom. The zero-order valence-corrected chi connectivity index (χ0v) is 36.7. The molecule has 336 valence electrons. The van der Waals surface area contributed by atoms with Gasteiger partial charge < -0.3 is 35.4 Å². The smallest absolute Gasteiger partial charge is 0.462 e. The largest absolute Gasteiger partial charge is 0.472 e. The average molecular weight is 842 g/mol. The average Bonchev–Trinajstić information content (AvgIpc) is 3.47. The van der Waals surface area contributed by atoms with Gasteiger partial charge in [-0.3, -0.25) is 18.6 Å². The molecule has 1 aliphatic carbocycles. The second-order valence-electron chi connectivity index (χ2n) is 15.5. The maximum absolute atomic E-state index is 12.7. The zero-order chi connectivity index (χ0) is 42.7. The Morgan fingerprint density at radius 2 is 1.34 bits per heavy atom. The molecule has 1 saturated carbocycles. The molecule has 7 atom stereocenters. The third kappa shape index (κ3) is 29.1. The number of hydrogen-bond donors (Lipinski definition) is 5. The summed E-state index contributed by atoms with van der Waals surface area (Å²) in [5.74, 6) is -1.34. The van der Waals surface area contributed by atoms with Crippen LogP contribution in [0.3, 0.4) is 0 Å². The van der Waals surface area contributed by atoms with Gasteiger partial charge in [0.2, 0.25) is 0 Å². The second kappa shape index (κ2) is 35.6. The fraction of sp³-hybridized carbons (Fsp3) is 0.778. The van der Waals surface area contributed by atoms with E-state index in [0.29, 0.717) is 38.5 Å². The van der Waals surface area contributed by atoms with Crippen molar-refractivity contribution < 1.29 is 52.9 Å². The number of rotatable bonds is 37. The fourth-order valence-electron chi connectivity index (χ4n) is 6.92. The monoisotopic (exact) mass is 842 g/mol. The molecule has 6 N–H and O–H groups in total. The van der Waals surface area contributed by atoms with E-state index in [1.54, 1.807) is 6.08 Å². The van der Waals surface area contributed by atoms with Crippen LogP contribution in [0.1, 0.15) is 162 Å². The Balaban J connectivity index is 2.41. The van der Waals surface area contributed by atoms with Crippen LogP contribution in [0.2, 0.25) is 0 Å². The maximum Gasteiger partial charge on any atom is 0.472 e. The van der Waals surface area contributed by atoms with Crippen molar-refractivity contribution in [2.75, 3.05) is 26.4 Å². The summed E-state index contributed by atoms with van der Waals surface area (Å²) >= 11 is 0. The predicted octanol–water partition coefficient (Wildman–Crippen LogP) is 9.10. The predicted molar refractivity (Wildman–Crippen MR) is 231 cm³/mol. The lowest BCUT2D eigenvalue weighted by Crippen LogP contribution is -2.29. The lowest BCUT2D eigenvalue weighted by atomic mass is 9.88. The van der Waals surface area contributed by atoms with Gasteiger partial charge in [-0.2, -0.15) is 0 Å². The molecule has 1 aliphatic rings. The molecule has 1 unspecified atom stereocenters. The first-order valence-electron chi connectivity index (χ1n) is 22.4. The van der Waals surface area contributed by atoms with Crippen molar-refractivity contribution in [2.24, 2.45) is 17.6 Å². The Kier molecular flexibility index (Phi) is 33.1. The quantitative estimate of drug-likeness (QED) is 0.0173. The van der Waals surface area contributed by atoms with E-state index < -0.39 is 50.8 Å². The summed E-state index contributed by atoms with van der Waals surface area (Å²) < 4.78 is 32.7. The number of phosphoric acid groups is 1. The lowest BCUT2D eigenvalue weighted by molar-refractivity contribution is -0.161. The van der Waals surface area contributed by atoms with E-state index in [1.807, 2.05) is 12.2 Å². The summed E-state index contributed by atoms with van der Waals surface area (Å²) in [6.07, 6.45) is 33.6. The van der Waals surface area contributed by atoms with Gasteiger partial charge >= 0.3 is 19.8 Å². The Hall–Kier alpha value is -2.15. The Labute approximate surface area is 350 Å². The number of aliphatic hydroxyl groups is 3. The highest BCUT2D eigenvalue weighted by Gasteiger charge is 2.39. The Bertz CT molecular complexity index is 1210. The van der Waals surface area contributed by atoms with Crippen LogP contribution < -0.4 is 5.73 Å². The molecule has 0 saturated heterocycles. The van der Waals surface area contributed by atoms with Crippen LogP contribution in [0.25, 0.3) is 0 Å². The number of hydrogen-bond acceptors (Lipinski definition) is 11. The number of nitrogens with two attached hydrogens (primary N) is 1. The highest BCUT2D eigenvalue weighted by molar-refractivity contribution is 7.47. The van der Waals surface area contributed by atoms with Gasteiger partial charge in [-0.25, -0.2) is 4.57 Å². The van der Waals surface area contributed by atoms with Crippen molar-refractivity contribution in [2.45, 2.75) is 186 Å². The normalized spacial score (nSPS) is 20.7. The summed E-state index contributed by atoms with van der Waals surface area (Å²) in [4.78, 5) is 35.1. The van der Waals surface area contributed by atoms with Crippen LogP contribution in [0, 0.1) is 11.8 Å². The number of phosphoric ester groups is 1. The van der Waals surface area contributed by atoms with Crippen LogP contribution in [-0.4, -0.2) is 82.9 Å². The van der Waals surface area contributed by atoms with Gasteiger partial charge in [0, 0.05) is 31.7 Å². The number of carbonyl (C=O) groups excluding carboxylic acids is 2. The number of esters is 2. The van der Waals surface area contributed by atoms with E-state index in [1.165, 1.54) is 38.5 Å². The second-order valence-corrected chi connectivity index (χ2v) is 17.0. The number of carbonyl (C=O) groups is 2. The molecule has 58 heavy (non-hydrogen) atoms. The van der Waals surface area contributed by atoms with Crippen LogP contribution in [0.15, 0.2) is 48.6 Å². The highest BCUT2D eigenvalue weighted by atomic mass is 31.2. The SMILES string of the molecule is CCCCCCCC/C=C\C/C=C\C/C=C\CCCC(=O)OC[C@H](COP(=O)(O)OCCN)OC(=O)CCCCCC[C@@H]1[C@@H](/C=C/[C@@H](O)CCCCC)[C@H](O)C[C@@H]1O. The molecule has 0 amide bonds. The molecule has 0 aliphatic heterocycles. The molecule has 0 bridgehead atoms. The molecule has 0 radical (unpaired) electrons. The summed E-state index contributed by atoms with van der Waals surface area (Å²) in [7, 11) is -4.45. The van der Waals surface area contributed by atoms with E-state index in [4.69, 9.17) is 24.3 Å². The number of aliphatic hydroxyl groups excluding tert-OH is 3. The highest BCUT2D eigenvalue weighted by Crippen LogP contribution is 2.43. The summed E-state index contributed by atoms with van der Waals surface area (Å²) in [5.41, 5.74) is 5.34. The third-order valence-electron chi connectivity index (χ3n) is 10.3. The van der Waals surface area contributed by atoms with Gasteiger partial charge in [-0.15, -0.1) is 0 Å². The molecular weight excluding hydrogens is 761 g/mol. The van der Waals surface area contributed by atoms with Crippen LogP contribution in [-0.2, 0) is 32.7 Å². The minimum absolute atomic E-state index is 0.0109. The van der Waals surface area contributed by atoms with Crippen molar-refractivity contribution in [3.8, 4) is 0 Å². The minimum atomic E-state index is -4.45. The van der Waals surface area contributed by atoms with Gasteiger partial charge in [0.25, 0.3) is 0 Å². The Morgan fingerprint density at radius 1 is 0.741 bits per heavy atom. The zero-order valence-electron chi connectivity index (χ0n) is 35.8.